The van der Waals surface area contributed by atoms with Crippen LogP contribution in [-0.4, -0.2) is 45.9 Å². The van der Waals surface area contributed by atoms with Crippen molar-refractivity contribution in [2.75, 3.05) is 22.9 Å². The Kier molecular flexibility index (Phi) is 8.07. The van der Waals surface area contributed by atoms with Gasteiger partial charge in [-0.3, -0.25) is 24.2 Å². The highest BCUT2D eigenvalue weighted by Gasteiger charge is 2.37. The molecule has 204 valence electrons. The maximum Gasteiger partial charge on any atom is 0.304 e. The average Bonchev–Trinajstić information content (AvgIpc) is 3.58. The van der Waals surface area contributed by atoms with E-state index in [1.165, 1.54) is 11.3 Å². The molecule has 8 nitrogen and oxygen atoms in total. The Balaban J connectivity index is 1.43. The normalized spacial score (nSPS) is 20.4. The van der Waals surface area contributed by atoms with Crippen molar-refractivity contribution in [2.45, 2.75) is 52.4 Å². The van der Waals surface area contributed by atoms with Crippen LogP contribution in [0.4, 0.5) is 10.9 Å². The lowest BCUT2D eigenvalue weighted by Crippen LogP contribution is -2.43. The van der Waals surface area contributed by atoms with Gasteiger partial charge in [0.2, 0.25) is 11.8 Å². The van der Waals surface area contributed by atoms with E-state index in [0.29, 0.717) is 30.5 Å². The van der Waals surface area contributed by atoms with E-state index in [9.17, 15) is 19.5 Å². The number of aromatic nitrogens is 2. The van der Waals surface area contributed by atoms with Gasteiger partial charge in [0, 0.05) is 42.2 Å². The highest BCUT2D eigenvalue weighted by Crippen LogP contribution is 2.38. The Bertz CT molecular complexity index is 1350. The first-order chi connectivity index (χ1) is 18.8. The number of carboxylic acids is 1. The third-order valence-electron chi connectivity index (χ3n) is 7.85. The van der Waals surface area contributed by atoms with Crippen molar-refractivity contribution < 1.29 is 19.5 Å². The van der Waals surface area contributed by atoms with Crippen LogP contribution in [0.3, 0.4) is 0 Å². The molecular formula is C30H34N4O4S. The summed E-state index contributed by atoms with van der Waals surface area (Å²) in [6.07, 6.45) is 5.72. The number of rotatable bonds is 7. The molecule has 0 bridgehead atoms. The molecule has 2 fully saturated rings. The third-order valence-corrected chi connectivity index (χ3v) is 8.72. The van der Waals surface area contributed by atoms with E-state index in [2.05, 4.69) is 18.8 Å². The van der Waals surface area contributed by atoms with Gasteiger partial charge in [-0.2, -0.15) is 0 Å². The summed E-state index contributed by atoms with van der Waals surface area (Å²) in [5, 5.41) is 12.1. The number of carbonyl (C=O) groups is 3. The molecule has 4 heterocycles. The van der Waals surface area contributed by atoms with Crippen molar-refractivity contribution in [2.24, 2.45) is 17.8 Å². The first kappa shape index (κ1) is 27.0. The van der Waals surface area contributed by atoms with E-state index in [0.717, 1.165) is 48.1 Å². The number of carboxylic acid groups (broad SMARTS) is 1. The highest BCUT2D eigenvalue weighted by molar-refractivity contribution is 7.14. The zero-order valence-electron chi connectivity index (χ0n) is 22.4. The summed E-state index contributed by atoms with van der Waals surface area (Å²) < 4.78 is 0. The van der Waals surface area contributed by atoms with Gasteiger partial charge < -0.3 is 5.11 Å². The zero-order valence-corrected chi connectivity index (χ0v) is 23.2. The second kappa shape index (κ2) is 11.7. The smallest absolute Gasteiger partial charge is 0.304 e. The fourth-order valence-electron chi connectivity index (χ4n) is 5.82. The molecule has 0 saturated carbocycles. The van der Waals surface area contributed by atoms with Gasteiger partial charge in [-0.15, -0.1) is 11.3 Å². The maximum atomic E-state index is 13.7. The molecule has 3 aromatic rings. The van der Waals surface area contributed by atoms with Gasteiger partial charge >= 0.3 is 5.97 Å². The lowest BCUT2D eigenvalue weighted by Gasteiger charge is -2.34. The van der Waals surface area contributed by atoms with Gasteiger partial charge in [0.25, 0.3) is 0 Å². The van der Waals surface area contributed by atoms with Crippen LogP contribution in [0.5, 0.6) is 0 Å². The number of amides is 2. The van der Waals surface area contributed by atoms with Crippen molar-refractivity contribution in [3.8, 4) is 22.4 Å². The fraction of sp³-hybridized carbons (Fsp3) is 0.433. The van der Waals surface area contributed by atoms with Crippen molar-refractivity contribution in [1.29, 1.82) is 0 Å². The molecule has 1 aromatic carbocycles. The number of anilines is 2. The number of nitrogens with zero attached hydrogens (tertiary/aromatic N) is 4. The SMILES string of the molecule is CC(C)[C@H]1CCCCN(c2nc(-c3ccccc3-c3ccc(N4CCCC4=O)nc3)cs2)C(=O)[C@H]1CC(=O)O. The van der Waals surface area contributed by atoms with Crippen LogP contribution in [0.2, 0.25) is 0 Å². The number of hydrogen-bond acceptors (Lipinski definition) is 6. The summed E-state index contributed by atoms with van der Waals surface area (Å²) in [5.74, 6) is -0.614. The third kappa shape index (κ3) is 5.73. The molecule has 2 amide bonds. The Hall–Kier alpha value is -3.59. The molecule has 0 spiro atoms. The van der Waals surface area contributed by atoms with Crippen LogP contribution in [0.15, 0.2) is 48.0 Å². The molecule has 2 atom stereocenters. The zero-order chi connectivity index (χ0) is 27.5. The molecule has 5 rings (SSSR count). The van der Waals surface area contributed by atoms with Gasteiger partial charge in [-0.05, 0) is 48.8 Å². The molecule has 2 aliphatic heterocycles. The minimum Gasteiger partial charge on any atom is -0.481 e. The van der Waals surface area contributed by atoms with Crippen LogP contribution in [0.25, 0.3) is 22.4 Å². The van der Waals surface area contributed by atoms with E-state index in [1.807, 2.05) is 41.8 Å². The Morgan fingerprint density at radius 2 is 1.82 bits per heavy atom. The minimum absolute atomic E-state index is 0.0304. The number of aliphatic carboxylic acids is 1. The summed E-state index contributed by atoms with van der Waals surface area (Å²) >= 11 is 1.41. The monoisotopic (exact) mass is 546 g/mol. The molecular weight excluding hydrogens is 512 g/mol. The quantitative estimate of drug-likeness (QED) is 0.397. The number of carbonyl (C=O) groups excluding carboxylic acids is 2. The van der Waals surface area contributed by atoms with E-state index in [4.69, 9.17) is 4.98 Å². The predicted octanol–water partition coefficient (Wildman–Crippen LogP) is 5.88. The van der Waals surface area contributed by atoms with Gasteiger partial charge in [0.05, 0.1) is 18.0 Å². The molecule has 9 heteroatoms. The number of hydrogen-bond donors (Lipinski definition) is 1. The Labute approximate surface area is 232 Å². The average molecular weight is 547 g/mol. The van der Waals surface area contributed by atoms with E-state index < -0.39 is 11.9 Å². The highest BCUT2D eigenvalue weighted by atomic mass is 32.1. The predicted molar refractivity (Wildman–Crippen MR) is 153 cm³/mol. The molecule has 2 saturated heterocycles. The van der Waals surface area contributed by atoms with Crippen molar-refractivity contribution in [3.05, 3.63) is 48.0 Å². The van der Waals surface area contributed by atoms with Gasteiger partial charge in [0.1, 0.15) is 5.82 Å². The summed E-state index contributed by atoms with van der Waals surface area (Å²) in [6, 6.07) is 11.8. The second-order valence-electron chi connectivity index (χ2n) is 10.7. The van der Waals surface area contributed by atoms with Crippen LogP contribution in [-0.2, 0) is 14.4 Å². The fourth-order valence-corrected chi connectivity index (χ4v) is 6.68. The van der Waals surface area contributed by atoms with E-state index in [1.54, 1.807) is 16.0 Å². The number of thiazole rings is 1. The molecule has 2 aromatic heterocycles. The van der Waals surface area contributed by atoms with Gasteiger partial charge in [-0.1, -0.05) is 44.5 Å². The van der Waals surface area contributed by atoms with Crippen molar-refractivity contribution in [3.63, 3.8) is 0 Å². The topological polar surface area (TPSA) is 104 Å². The summed E-state index contributed by atoms with van der Waals surface area (Å²) in [7, 11) is 0. The summed E-state index contributed by atoms with van der Waals surface area (Å²) in [5.41, 5.74) is 3.56. The molecule has 1 N–H and O–H groups in total. The standard InChI is InChI=1S/C30H34N4O4S/c1-19(2)21-8-5-6-14-34(29(38)24(21)16-28(36)37)30-32-25(18-39-30)23-10-4-3-9-22(23)20-12-13-26(31-17-20)33-15-7-11-27(33)35/h3-4,9-10,12-13,17-19,21,24H,5-8,11,14-16H2,1-2H3,(H,36,37)/t21-,24+/m1/s1. The maximum absolute atomic E-state index is 13.7. The lowest BCUT2D eigenvalue weighted by atomic mass is 9.76. The summed E-state index contributed by atoms with van der Waals surface area (Å²) in [4.78, 5) is 50.4. The Morgan fingerprint density at radius 3 is 2.49 bits per heavy atom. The molecule has 0 radical (unpaired) electrons. The second-order valence-corrected chi connectivity index (χ2v) is 11.5. The van der Waals surface area contributed by atoms with Crippen LogP contribution in [0, 0.1) is 17.8 Å². The van der Waals surface area contributed by atoms with E-state index in [-0.39, 0.29) is 30.1 Å². The van der Waals surface area contributed by atoms with E-state index >= 15 is 0 Å². The molecule has 0 unspecified atom stereocenters. The number of pyridine rings is 1. The molecule has 2 aliphatic rings. The number of benzene rings is 1. The largest absolute Gasteiger partial charge is 0.481 e. The first-order valence-electron chi connectivity index (χ1n) is 13.7. The van der Waals surface area contributed by atoms with Crippen molar-refractivity contribution in [1.82, 2.24) is 9.97 Å². The van der Waals surface area contributed by atoms with Gasteiger partial charge in [0.15, 0.2) is 5.13 Å². The van der Waals surface area contributed by atoms with Crippen LogP contribution < -0.4 is 9.80 Å². The molecule has 39 heavy (non-hydrogen) atoms. The van der Waals surface area contributed by atoms with Crippen LogP contribution >= 0.6 is 11.3 Å². The first-order valence-corrected chi connectivity index (χ1v) is 14.6. The summed E-state index contributed by atoms with van der Waals surface area (Å²) in [6.45, 7) is 5.38. The molecule has 0 aliphatic carbocycles. The van der Waals surface area contributed by atoms with Gasteiger partial charge in [-0.25, -0.2) is 9.97 Å². The minimum atomic E-state index is -0.943. The lowest BCUT2D eigenvalue weighted by molar-refractivity contribution is -0.142. The Morgan fingerprint density at radius 1 is 1.05 bits per heavy atom. The van der Waals surface area contributed by atoms with Crippen LogP contribution in [0.1, 0.15) is 52.4 Å². The van der Waals surface area contributed by atoms with Crippen molar-refractivity contribution >= 4 is 40.1 Å².